The van der Waals surface area contributed by atoms with Crippen molar-refractivity contribution in [2.24, 2.45) is 0 Å². The molecule has 0 aliphatic heterocycles. The zero-order valence-corrected chi connectivity index (χ0v) is 35.8. The molecule has 0 atom stereocenters. The van der Waals surface area contributed by atoms with Gasteiger partial charge in [-0.05, 0) is 126 Å². The van der Waals surface area contributed by atoms with Gasteiger partial charge >= 0.3 is 0 Å². The number of fused-ring (bicyclic) bond motifs is 5. The van der Waals surface area contributed by atoms with Gasteiger partial charge in [0.05, 0.1) is 5.69 Å². The van der Waals surface area contributed by atoms with Crippen LogP contribution in [-0.4, -0.2) is 0 Å². The van der Waals surface area contributed by atoms with Crippen molar-refractivity contribution in [3.63, 3.8) is 0 Å². The largest absolute Gasteiger partial charge is 0.310 e. The van der Waals surface area contributed by atoms with Gasteiger partial charge in [0.2, 0.25) is 0 Å². The number of hydrogen-bond donors (Lipinski definition) is 0. The molecule has 11 aromatic carbocycles. The van der Waals surface area contributed by atoms with E-state index < -0.39 is 0 Å². The lowest BCUT2D eigenvalue weighted by Gasteiger charge is -2.28. The van der Waals surface area contributed by atoms with Crippen molar-refractivity contribution in [2.45, 2.75) is 0 Å². The molecule has 0 N–H and O–H groups in total. The van der Waals surface area contributed by atoms with Crippen LogP contribution in [0.2, 0.25) is 0 Å². The van der Waals surface area contributed by atoms with Gasteiger partial charge in [0.15, 0.2) is 0 Å². The Morgan fingerprint density at radius 2 is 0.781 bits per heavy atom. The Hall–Kier alpha value is -8.04. The molecule has 1 nitrogen and oxygen atoms in total. The third-order valence-electron chi connectivity index (χ3n) is 12.7. The first-order valence-electron chi connectivity index (χ1n) is 21.9. The normalized spacial score (nSPS) is 11.4. The molecule has 1 heterocycles. The monoisotopic (exact) mass is 831 g/mol. The van der Waals surface area contributed by atoms with Crippen molar-refractivity contribution in [3.05, 3.63) is 249 Å². The Labute approximate surface area is 377 Å². The average molecular weight is 832 g/mol. The minimum atomic E-state index is 1.09. The van der Waals surface area contributed by atoms with E-state index in [1.54, 1.807) is 0 Å². The number of hydrogen-bond acceptors (Lipinski definition) is 2. The second-order valence-electron chi connectivity index (χ2n) is 16.5. The van der Waals surface area contributed by atoms with Gasteiger partial charge < -0.3 is 4.90 Å². The van der Waals surface area contributed by atoms with Crippen LogP contribution in [0.4, 0.5) is 17.1 Å². The molecular formula is C62H41NS. The number of rotatable bonds is 8. The van der Waals surface area contributed by atoms with Crippen LogP contribution in [-0.2, 0) is 0 Å². The van der Waals surface area contributed by atoms with Crippen LogP contribution in [0.1, 0.15) is 0 Å². The van der Waals surface area contributed by atoms with Crippen molar-refractivity contribution < 1.29 is 0 Å². The third-order valence-corrected chi connectivity index (χ3v) is 13.8. The fourth-order valence-corrected chi connectivity index (χ4v) is 10.5. The second kappa shape index (κ2) is 16.0. The van der Waals surface area contributed by atoms with Crippen LogP contribution in [0.25, 0.3) is 97.4 Å². The van der Waals surface area contributed by atoms with Gasteiger partial charge in [-0.1, -0.05) is 194 Å². The van der Waals surface area contributed by atoms with E-state index in [-0.39, 0.29) is 0 Å². The Balaban J connectivity index is 0.933. The summed E-state index contributed by atoms with van der Waals surface area (Å²) < 4.78 is 2.62. The summed E-state index contributed by atoms with van der Waals surface area (Å²) >= 11 is 1.86. The molecule has 64 heavy (non-hydrogen) atoms. The molecule has 0 aliphatic rings. The lowest BCUT2D eigenvalue weighted by Crippen LogP contribution is -2.11. The quantitative estimate of drug-likeness (QED) is 0.147. The van der Waals surface area contributed by atoms with Gasteiger partial charge in [0.25, 0.3) is 0 Å². The highest BCUT2D eigenvalue weighted by atomic mass is 32.1. The summed E-state index contributed by atoms with van der Waals surface area (Å²) in [6.07, 6.45) is 0. The molecular weight excluding hydrogens is 791 g/mol. The highest BCUT2D eigenvalue weighted by Gasteiger charge is 2.19. The summed E-state index contributed by atoms with van der Waals surface area (Å²) in [6, 6.07) is 91.0. The van der Waals surface area contributed by atoms with Gasteiger partial charge in [-0.2, -0.15) is 0 Å². The summed E-state index contributed by atoms with van der Waals surface area (Å²) in [5.41, 5.74) is 15.3. The summed E-state index contributed by atoms with van der Waals surface area (Å²) in [5.74, 6) is 0. The predicted molar refractivity (Wildman–Crippen MR) is 276 cm³/mol. The number of nitrogens with zero attached hydrogens (tertiary/aromatic N) is 1. The Morgan fingerprint density at radius 3 is 1.58 bits per heavy atom. The van der Waals surface area contributed by atoms with E-state index in [0.717, 1.165) is 17.1 Å². The van der Waals surface area contributed by atoms with Crippen molar-refractivity contribution in [2.75, 3.05) is 4.90 Å². The van der Waals surface area contributed by atoms with Crippen LogP contribution in [0.3, 0.4) is 0 Å². The maximum Gasteiger partial charge on any atom is 0.0540 e. The highest BCUT2D eigenvalue weighted by molar-refractivity contribution is 7.25. The summed E-state index contributed by atoms with van der Waals surface area (Å²) in [6.45, 7) is 0. The molecule has 300 valence electrons. The summed E-state index contributed by atoms with van der Waals surface area (Å²) in [7, 11) is 0. The SMILES string of the molecule is c1cc(-c2ccc(-c3ccc4ccccc4c3)cc2)cc(N(c2ccc(-c3ccc(-c4cccc5ccccc45)cc3)cc2)c2ccccc2-c2ccc3sc4ccccc4c3c2)c1. The minimum Gasteiger partial charge on any atom is -0.310 e. The summed E-state index contributed by atoms with van der Waals surface area (Å²) in [4.78, 5) is 2.42. The molecule has 12 aromatic rings. The van der Waals surface area contributed by atoms with Gasteiger partial charge in [-0.3, -0.25) is 0 Å². The molecule has 0 unspecified atom stereocenters. The van der Waals surface area contributed by atoms with E-state index in [1.807, 2.05) is 11.3 Å². The van der Waals surface area contributed by atoms with Gasteiger partial charge in [-0.25, -0.2) is 0 Å². The molecule has 0 saturated carbocycles. The first-order valence-corrected chi connectivity index (χ1v) is 22.7. The van der Waals surface area contributed by atoms with Crippen LogP contribution in [0, 0.1) is 0 Å². The molecule has 0 radical (unpaired) electrons. The van der Waals surface area contributed by atoms with E-state index in [0.29, 0.717) is 0 Å². The van der Waals surface area contributed by atoms with Crippen molar-refractivity contribution >= 4 is 70.1 Å². The van der Waals surface area contributed by atoms with E-state index in [1.165, 1.54) is 97.4 Å². The third kappa shape index (κ3) is 6.91. The minimum absolute atomic E-state index is 1.09. The maximum atomic E-state index is 2.42. The zero-order chi connectivity index (χ0) is 42.4. The molecule has 0 bridgehead atoms. The molecule has 0 aliphatic carbocycles. The van der Waals surface area contributed by atoms with E-state index >= 15 is 0 Å². The van der Waals surface area contributed by atoms with Crippen molar-refractivity contribution in [3.8, 4) is 55.6 Å². The van der Waals surface area contributed by atoms with Crippen LogP contribution in [0.15, 0.2) is 249 Å². The predicted octanol–water partition coefficient (Wildman–Crippen LogP) is 18.2. The Morgan fingerprint density at radius 1 is 0.250 bits per heavy atom. The number of anilines is 3. The molecule has 1 aromatic heterocycles. The lowest BCUT2D eigenvalue weighted by molar-refractivity contribution is 1.28. The molecule has 0 fully saturated rings. The van der Waals surface area contributed by atoms with Gasteiger partial charge in [-0.15, -0.1) is 11.3 Å². The zero-order valence-electron chi connectivity index (χ0n) is 35.0. The molecule has 2 heteroatoms. The Kier molecular flexibility index (Phi) is 9.43. The standard InChI is InChI=1S/C62H41NS/c1-2-13-49-39-51(32-29-42(49)11-1)46-25-23-45(24-26-46)50-15-9-16-54(40-50)63(60-21-7-5-18-57(60)52-35-38-62-59(41-52)58-19-6-8-22-61(58)64-62)53-36-33-44(34-37-53)43-27-30-48(31-28-43)56-20-10-14-47-12-3-4-17-55(47)56/h1-41H. The number of thiophene rings is 1. The second-order valence-corrected chi connectivity index (χ2v) is 17.6. The van der Waals surface area contributed by atoms with Gasteiger partial charge in [0.1, 0.15) is 0 Å². The number of benzene rings is 11. The number of para-hydroxylation sites is 1. The molecule has 0 spiro atoms. The Bertz CT molecular complexity index is 3650. The molecule has 0 amide bonds. The topological polar surface area (TPSA) is 3.24 Å². The van der Waals surface area contributed by atoms with Gasteiger partial charge in [0, 0.05) is 37.1 Å². The molecule has 0 saturated heterocycles. The fourth-order valence-electron chi connectivity index (χ4n) is 9.40. The molecule has 12 rings (SSSR count). The first-order chi connectivity index (χ1) is 31.7. The van der Waals surface area contributed by atoms with Crippen LogP contribution >= 0.6 is 11.3 Å². The van der Waals surface area contributed by atoms with Crippen molar-refractivity contribution in [1.82, 2.24) is 0 Å². The first kappa shape index (κ1) is 37.7. The van der Waals surface area contributed by atoms with Crippen LogP contribution in [0.5, 0.6) is 0 Å². The lowest BCUT2D eigenvalue weighted by atomic mass is 9.96. The smallest absolute Gasteiger partial charge is 0.0540 e. The van der Waals surface area contributed by atoms with Crippen molar-refractivity contribution in [1.29, 1.82) is 0 Å². The average Bonchev–Trinajstić information content (AvgIpc) is 3.75. The van der Waals surface area contributed by atoms with Crippen LogP contribution < -0.4 is 4.90 Å². The fraction of sp³-hybridized carbons (Fsp3) is 0. The maximum absolute atomic E-state index is 2.42. The van der Waals surface area contributed by atoms with E-state index in [4.69, 9.17) is 0 Å². The summed E-state index contributed by atoms with van der Waals surface area (Å²) in [5, 5.41) is 7.64. The van der Waals surface area contributed by atoms with E-state index in [9.17, 15) is 0 Å². The highest BCUT2D eigenvalue weighted by Crippen LogP contribution is 2.44. The van der Waals surface area contributed by atoms with E-state index in [2.05, 4.69) is 254 Å².